The highest BCUT2D eigenvalue weighted by Crippen LogP contribution is 2.34. The van der Waals surface area contributed by atoms with E-state index < -0.39 is 0 Å². The number of ether oxygens (including phenoxy) is 2. The van der Waals surface area contributed by atoms with Crippen molar-refractivity contribution in [1.29, 1.82) is 0 Å². The van der Waals surface area contributed by atoms with Crippen molar-refractivity contribution in [3.05, 3.63) is 18.2 Å². The molecule has 1 aromatic carbocycles. The Morgan fingerprint density at radius 2 is 1.78 bits per heavy atom. The number of benzene rings is 1. The minimum absolute atomic E-state index is 0.302. The molecule has 1 saturated heterocycles. The molecule has 0 N–H and O–H groups in total. The van der Waals surface area contributed by atoms with Gasteiger partial charge in [-0.15, -0.1) is 0 Å². The molecule has 5 nitrogen and oxygen atoms in total. The van der Waals surface area contributed by atoms with Gasteiger partial charge in [-0.1, -0.05) is 6.42 Å². The van der Waals surface area contributed by atoms with Crippen LogP contribution in [0.1, 0.15) is 25.7 Å². The van der Waals surface area contributed by atoms with Crippen LogP contribution in [0.5, 0.6) is 11.5 Å². The lowest BCUT2D eigenvalue weighted by Crippen LogP contribution is -2.41. The van der Waals surface area contributed by atoms with Gasteiger partial charge in [-0.25, -0.2) is 0 Å². The summed E-state index contributed by atoms with van der Waals surface area (Å²) in [4.78, 5) is 16.9. The van der Waals surface area contributed by atoms with E-state index in [1.54, 1.807) is 0 Å². The maximum Gasteiger partial charge on any atom is 0.225 e. The monoisotopic (exact) mass is 316 g/mol. The van der Waals surface area contributed by atoms with Gasteiger partial charge in [0, 0.05) is 43.9 Å². The van der Waals surface area contributed by atoms with Gasteiger partial charge < -0.3 is 19.3 Å². The van der Waals surface area contributed by atoms with Gasteiger partial charge in [-0.2, -0.15) is 0 Å². The summed E-state index contributed by atoms with van der Waals surface area (Å²) < 4.78 is 11.3. The molecular formula is C18H24N2O3. The van der Waals surface area contributed by atoms with E-state index in [0.717, 1.165) is 62.6 Å². The number of rotatable bonds is 2. The highest BCUT2D eigenvalue weighted by atomic mass is 16.6. The molecule has 2 fully saturated rings. The normalized spacial score (nSPS) is 21.6. The standard InChI is InChI=1S/C18H24N2O3/c21-18(14-3-1-4-14)20-8-2-7-19(9-10-20)15-5-6-16-17(13-15)23-12-11-22-16/h5-6,13-14H,1-4,7-12H2. The molecule has 124 valence electrons. The van der Waals surface area contributed by atoms with E-state index in [-0.39, 0.29) is 0 Å². The number of nitrogens with zero attached hydrogens (tertiary/aromatic N) is 2. The molecule has 1 aliphatic carbocycles. The van der Waals surface area contributed by atoms with Crippen LogP contribution in [0.2, 0.25) is 0 Å². The summed E-state index contributed by atoms with van der Waals surface area (Å²) in [5, 5.41) is 0. The predicted molar refractivity (Wildman–Crippen MR) is 88.2 cm³/mol. The second kappa shape index (κ2) is 6.30. The second-order valence-electron chi connectivity index (χ2n) is 6.62. The minimum atomic E-state index is 0.302. The van der Waals surface area contributed by atoms with E-state index in [0.29, 0.717) is 25.0 Å². The van der Waals surface area contributed by atoms with E-state index in [2.05, 4.69) is 21.9 Å². The molecule has 23 heavy (non-hydrogen) atoms. The Balaban J connectivity index is 1.43. The van der Waals surface area contributed by atoms with Crippen LogP contribution in [-0.2, 0) is 4.79 Å². The molecule has 0 atom stereocenters. The van der Waals surface area contributed by atoms with E-state index >= 15 is 0 Å². The lowest BCUT2D eigenvalue weighted by atomic mass is 9.84. The second-order valence-corrected chi connectivity index (χ2v) is 6.62. The van der Waals surface area contributed by atoms with Gasteiger partial charge in [0.05, 0.1) is 0 Å². The third kappa shape index (κ3) is 2.96. The maximum atomic E-state index is 12.4. The Morgan fingerprint density at radius 1 is 0.957 bits per heavy atom. The van der Waals surface area contributed by atoms with Crippen molar-refractivity contribution in [2.24, 2.45) is 5.92 Å². The van der Waals surface area contributed by atoms with Crippen molar-refractivity contribution < 1.29 is 14.3 Å². The number of hydrogen-bond donors (Lipinski definition) is 0. The van der Waals surface area contributed by atoms with Crippen molar-refractivity contribution >= 4 is 11.6 Å². The molecule has 0 radical (unpaired) electrons. The lowest BCUT2D eigenvalue weighted by Gasteiger charge is -2.31. The fourth-order valence-electron chi connectivity index (χ4n) is 3.54. The van der Waals surface area contributed by atoms with E-state index in [9.17, 15) is 4.79 Å². The largest absolute Gasteiger partial charge is 0.486 e. The third-order valence-corrected chi connectivity index (χ3v) is 5.15. The summed E-state index contributed by atoms with van der Waals surface area (Å²) in [5.41, 5.74) is 1.16. The van der Waals surface area contributed by atoms with Gasteiger partial charge in [-0.05, 0) is 31.4 Å². The van der Waals surface area contributed by atoms with Gasteiger partial charge in [0.15, 0.2) is 11.5 Å². The Morgan fingerprint density at radius 3 is 2.57 bits per heavy atom. The van der Waals surface area contributed by atoms with Crippen LogP contribution in [0.15, 0.2) is 18.2 Å². The summed E-state index contributed by atoms with van der Waals surface area (Å²) >= 11 is 0. The van der Waals surface area contributed by atoms with Crippen LogP contribution in [0.25, 0.3) is 0 Å². The zero-order valence-corrected chi connectivity index (χ0v) is 13.5. The summed E-state index contributed by atoms with van der Waals surface area (Å²) in [6.07, 6.45) is 4.41. The van der Waals surface area contributed by atoms with E-state index in [4.69, 9.17) is 9.47 Å². The first-order valence-corrected chi connectivity index (χ1v) is 8.75. The number of fused-ring (bicyclic) bond motifs is 1. The number of amides is 1. The highest BCUT2D eigenvalue weighted by Gasteiger charge is 2.30. The van der Waals surface area contributed by atoms with Crippen LogP contribution in [0.4, 0.5) is 5.69 Å². The van der Waals surface area contributed by atoms with Crippen molar-refractivity contribution in [3.63, 3.8) is 0 Å². The van der Waals surface area contributed by atoms with Gasteiger partial charge in [-0.3, -0.25) is 4.79 Å². The molecule has 3 aliphatic rings. The Labute approximate surface area is 137 Å². The molecule has 2 aliphatic heterocycles. The molecule has 5 heteroatoms. The fourth-order valence-corrected chi connectivity index (χ4v) is 3.54. The molecule has 0 bridgehead atoms. The van der Waals surface area contributed by atoms with Crippen molar-refractivity contribution in [2.45, 2.75) is 25.7 Å². The van der Waals surface area contributed by atoms with Crippen molar-refractivity contribution in [1.82, 2.24) is 4.90 Å². The van der Waals surface area contributed by atoms with Gasteiger partial charge in [0.2, 0.25) is 5.91 Å². The van der Waals surface area contributed by atoms with Gasteiger partial charge in [0.25, 0.3) is 0 Å². The third-order valence-electron chi connectivity index (χ3n) is 5.15. The summed E-state index contributed by atoms with van der Waals surface area (Å²) in [7, 11) is 0. The first-order valence-electron chi connectivity index (χ1n) is 8.75. The molecular weight excluding hydrogens is 292 g/mol. The topological polar surface area (TPSA) is 42.0 Å². The van der Waals surface area contributed by atoms with Crippen LogP contribution in [-0.4, -0.2) is 50.2 Å². The first-order chi connectivity index (χ1) is 11.3. The van der Waals surface area contributed by atoms with Crippen LogP contribution < -0.4 is 14.4 Å². The summed E-state index contributed by atoms with van der Waals surface area (Å²) in [6.45, 7) is 4.81. The van der Waals surface area contributed by atoms with Gasteiger partial charge >= 0.3 is 0 Å². The number of carbonyl (C=O) groups is 1. The molecule has 2 heterocycles. The van der Waals surface area contributed by atoms with E-state index in [1.165, 1.54) is 6.42 Å². The zero-order chi connectivity index (χ0) is 15.6. The summed E-state index contributed by atoms with van der Waals surface area (Å²) in [5.74, 6) is 2.34. The average molecular weight is 316 g/mol. The molecule has 0 unspecified atom stereocenters. The number of anilines is 1. The molecule has 0 aromatic heterocycles. The molecule has 1 saturated carbocycles. The van der Waals surface area contributed by atoms with Crippen molar-refractivity contribution in [2.75, 3.05) is 44.3 Å². The molecule has 0 spiro atoms. The lowest BCUT2D eigenvalue weighted by molar-refractivity contribution is -0.137. The van der Waals surface area contributed by atoms with Gasteiger partial charge in [0.1, 0.15) is 13.2 Å². The maximum absolute atomic E-state index is 12.4. The predicted octanol–water partition coefficient (Wildman–Crippen LogP) is 2.30. The number of carbonyl (C=O) groups excluding carboxylic acids is 1. The van der Waals surface area contributed by atoms with Crippen LogP contribution in [0.3, 0.4) is 0 Å². The molecule has 1 aromatic rings. The summed E-state index contributed by atoms with van der Waals surface area (Å²) in [6, 6.07) is 6.15. The van der Waals surface area contributed by atoms with E-state index in [1.807, 2.05) is 6.07 Å². The first kappa shape index (κ1) is 14.7. The fraction of sp³-hybridized carbons (Fsp3) is 0.611. The quantitative estimate of drug-likeness (QED) is 0.839. The Bertz CT molecular complexity index is 586. The smallest absolute Gasteiger partial charge is 0.225 e. The van der Waals surface area contributed by atoms with Crippen molar-refractivity contribution in [3.8, 4) is 11.5 Å². The Kier molecular flexibility index (Phi) is 4.02. The molecule has 1 amide bonds. The SMILES string of the molecule is O=C(C1CCC1)N1CCCN(c2ccc3c(c2)OCCO3)CC1. The average Bonchev–Trinajstić information content (AvgIpc) is 2.79. The van der Waals surface area contributed by atoms with Crippen LogP contribution in [0, 0.1) is 5.92 Å². The minimum Gasteiger partial charge on any atom is -0.486 e. The zero-order valence-electron chi connectivity index (χ0n) is 13.5. The Hall–Kier alpha value is -1.91. The number of hydrogen-bond acceptors (Lipinski definition) is 4. The highest BCUT2D eigenvalue weighted by molar-refractivity contribution is 5.79. The molecule has 4 rings (SSSR count). The van der Waals surface area contributed by atoms with Crippen LogP contribution >= 0.6 is 0 Å².